The van der Waals surface area contributed by atoms with Crippen LogP contribution in [-0.4, -0.2) is 31.7 Å². The van der Waals surface area contributed by atoms with E-state index in [-0.39, 0.29) is 15.9 Å². The number of sulfonamides is 1. The maximum atomic E-state index is 14.1. The van der Waals surface area contributed by atoms with Crippen LogP contribution in [0.2, 0.25) is 5.02 Å². The van der Waals surface area contributed by atoms with E-state index in [0.29, 0.717) is 6.07 Å². The average Bonchev–Trinajstić information content (AvgIpc) is 3.07. The molecule has 0 aliphatic rings. The van der Waals surface area contributed by atoms with Gasteiger partial charge in [0.05, 0.1) is 16.1 Å². The van der Waals surface area contributed by atoms with Gasteiger partial charge in [0.2, 0.25) is 0 Å². The topological polar surface area (TPSA) is 84.1 Å². The number of hydrogen-bond donors (Lipinski definition) is 2. The first kappa shape index (κ1) is 21.1. The molecule has 0 atom stereocenters. The number of halogens is 6. The number of hydrogen-bond acceptors (Lipinski definition) is 4. The van der Waals surface area contributed by atoms with E-state index in [1.165, 1.54) is 6.07 Å². The lowest BCUT2D eigenvalue weighted by Gasteiger charge is -2.10. The van der Waals surface area contributed by atoms with Crippen LogP contribution in [0.1, 0.15) is 12.0 Å². The molecule has 6 nitrogen and oxygen atoms in total. The Morgan fingerprint density at radius 1 is 1.28 bits per heavy atom. The summed E-state index contributed by atoms with van der Waals surface area (Å²) in [5, 5.41) is -0.411. The molecule has 0 radical (unpaired) electrons. The van der Waals surface area contributed by atoms with Crippen molar-refractivity contribution in [3.63, 3.8) is 0 Å². The molecule has 2 heterocycles. The van der Waals surface area contributed by atoms with Crippen molar-refractivity contribution in [1.29, 1.82) is 0 Å². The fourth-order valence-corrected chi connectivity index (χ4v) is 3.98. The van der Waals surface area contributed by atoms with Crippen LogP contribution in [0, 0.1) is 11.8 Å². The molecule has 3 rings (SSSR count). The molecule has 0 aliphatic carbocycles. The van der Waals surface area contributed by atoms with E-state index < -0.39 is 63.5 Å². The van der Waals surface area contributed by atoms with Crippen molar-refractivity contribution >= 4 is 38.3 Å². The number of aromatic nitrogens is 2. The Hall–Kier alpha value is -2.60. The third kappa shape index (κ3) is 4.08. The zero-order valence-electron chi connectivity index (χ0n) is 14.1. The molecule has 156 valence electrons. The van der Waals surface area contributed by atoms with Crippen LogP contribution in [0.3, 0.4) is 0 Å². The second-order valence-corrected chi connectivity index (χ2v) is 7.65. The maximum Gasteiger partial charge on any atom is 0.267 e. The summed E-state index contributed by atoms with van der Waals surface area (Å²) in [6, 6.07) is 2.78. The zero-order chi connectivity index (χ0) is 21.3. The summed E-state index contributed by atoms with van der Waals surface area (Å²) in [5.74, 6) is -4.36. The second kappa shape index (κ2) is 8.03. The number of nitrogens with one attached hydrogen (secondary N) is 2. The largest absolute Gasteiger partial charge is 0.486 e. The Bertz CT molecular complexity index is 1170. The van der Waals surface area contributed by atoms with Gasteiger partial charge in [-0.25, -0.2) is 26.0 Å². The van der Waals surface area contributed by atoms with Crippen molar-refractivity contribution in [1.82, 2.24) is 9.97 Å². The lowest BCUT2D eigenvalue weighted by Crippen LogP contribution is -2.16. The van der Waals surface area contributed by atoms with Gasteiger partial charge in [-0.15, -0.1) is 0 Å². The highest BCUT2D eigenvalue weighted by atomic mass is 35.5. The Labute approximate surface area is 165 Å². The highest BCUT2D eigenvalue weighted by molar-refractivity contribution is 7.93. The minimum Gasteiger partial charge on any atom is -0.486 e. The number of pyridine rings is 1. The molecule has 2 N–H and O–H groups in total. The summed E-state index contributed by atoms with van der Waals surface area (Å²) in [4.78, 5) is 5.02. The number of fused-ring (bicyclic) bond motifs is 1. The molecule has 0 saturated heterocycles. The number of benzene rings is 1. The van der Waals surface area contributed by atoms with Gasteiger partial charge in [-0.1, -0.05) is 11.6 Å². The van der Waals surface area contributed by atoms with E-state index >= 15 is 0 Å². The Morgan fingerprint density at radius 3 is 2.66 bits per heavy atom. The molecule has 0 saturated carbocycles. The van der Waals surface area contributed by atoms with E-state index in [1.54, 1.807) is 4.72 Å². The van der Waals surface area contributed by atoms with Gasteiger partial charge in [0, 0.05) is 17.6 Å². The lowest BCUT2D eigenvalue weighted by molar-refractivity contribution is 0.153. The predicted octanol–water partition coefficient (Wildman–Crippen LogP) is 4.58. The summed E-state index contributed by atoms with van der Waals surface area (Å²) < 4.78 is 98.1. The smallest absolute Gasteiger partial charge is 0.267 e. The van der Waals surface area contributed by atoms with Crippen LogP contribution in [-0.2, 0) is 10.0 Å². The Balaban J connectivity index is 2.01. The molecule has 0 unspecified atom stereocenters. The van der Waals surface area contributed by atoms with Crippen LogP contribution < -0.4 is 9.46 Å². The van der Waals surface area contributed by atoms with Crippen LogP contribution in [0.5, 0.6) is 5.75 Å². The van der Waals surface area contributed by atoms with Gasteiger partial charge in [-0.3, -0.25) is 4.72 Å². The Morgan fingerprint density at radius 2 is 2.00 bits per heavy atom. The molecule has 2 aromatic heterocycles. The normalized spacial score (nSPS) is 12.0. The molecule has 0 aliphatic heterocycles. The van der Waals surface area contributed by atoms with E-state index in [2.05, 4.69) is 14.7 Å². The molecule has 0 bridgehead atoms. The number of H-pyrrole nitrogens is 1. The molecular weight excluding hydrogens is 445 g/mol. The first-order valence-electron chi connectivity index (χ1n) is 7.81. The second-order valence-electron chi connectivity index (χ2n) is 5.59. The average molecular weight is 456 g/mol. The van der Waals surface area contributed by atoms with Crippen molar-refractivity contribution in [3.05, 3.63) is 46.7 Å². The van der Waals surface area contributed by atoms with E-state index in [4.69, 9.17) is 11.6 Å². The van der Waals surface area contributed by atoms with Gasteiger partial charge < -0.3 is 9.72 Å². The summed E-state index contributed by atoms with van der Waals surface area (Å²) in [7, 11) is -4.56. The fourth-order valence-electron chi connectivity index (χ4n) is 2.56. The van der Waals surface area contributed by atoms with Crippen molar-refractivity contribution in [3.8, 4) is 5.75 Å². The summed E-state index contributed by atoms with van der Waals surface area (Å²) in [6.07, 6.45) is -2.08. The zero-order valence-corrected chi connectivity index (χ0v) is 15.7. The molecule has 0 spiro atoms. The molecule has 13 heteroatoms. The number of alkyl halides is 3. The minimum absolute atomic E-state index is 0.138. The van der Waals surface area contributed by atoms with Gasteiger partial charge in [0.15, 0.2) is 17.4 Å². The monoisotopic (exact) mass is 455 g/mol. The molecule has 0 fully saturated rings. The molecule has 29 heavy (non-hydrogen) atoms. The van der Waals surface area contributed by atoms with Crippen molar-refractivity contribution in [2.75, 3.05) is 18.0 Å². The van der Waals surface area contributed by atoms with E-state index in [9.17, 15) is 30.4 Å². The number of ether oxygens (including phenoxy) is 1. The molecule has 3 aromatic rings. The summed E-state index contributed by atoms with van der Waals surface area (Å²) >= 11 is 5.74. The fraction of sp³-hybridized carbons (Fsp3) is 0.188. The van der Waals surface area contributed by atoms with Gasteiger partial charge in [-0.2, -0.15) is 9.37 Å². The van der Waals surface area contributed by atoms with Gasteiger partial charge in [0.25, 0.3) is 22.4 Å². The number of rotatable bonds is 7. The maximum absolute atomic E-state index is 14.1. The number of anilines is 1. The quantitative estimate of drug-likeness (QED) is 0.403. The third-order valence-electron chi connectivity index (χ3n) is 3.78. The number of aromatic amines is 1. The molecular formula is C16H11ClF5N3O3S. The summed E-state index contributed by atoms with van der Waals surface area (Å²) in [6.45, 7) is -1.51. The highest BCUT2D eigenvalue weighted by Crippen LogP contribution is 2.36. The predicted molar refractivity (Wildman–Crippen MR) is 94.7 cm³/mol. The molecule has 1 aromatic carbocycles. The van der Waals surface area contributed by atoms with E-state index in [0.717, 1.165) is 12.3 Å². The van der Waals surface area contributed by atoms with Crippen molar-refractivity contribution in [2.24, 2.45) is 0 Å². The van der Waals surface area contributed by atoms with E-state index in [1.807, 2.05) is 0 Å². The highest BCUT2D eigenvalue weighted by Gasteiger charge is 2.26. The van der Waals surface area contributed by atoms with Crippen LogP contribution in [0.25, 0.3) is 10.9 Å². The SMILES string of the molecule is O=S(=O)(Nc1nc(F)c(OCCF)cc1F)c1c[nH]c2c(C(F)F)c(Cl)ccc12. The van der Waals surface area contributed by atoms with Gasteiger partial charge >= 0.3 is 0 Å². The van der Waals surface area contributed by atoms with Crippen LogP contribution in [0.15, 0.2) is 29.3 Å². The standard InChI is InChI=1S/C16H11ClF5N3O3S/c17-8-2-1-7-11(6-23-13(7)12(8)14(20)21)29(26,27)25-16-9(19)5-10(15(22)24-16)28-4-3-18/h1-2,5-6,14,23H,3-4H2,(H,24,25). The van der Waals surface area contributed by atoms with Gasteiger partial charge in [0.1, 0.15) is 18.2 Å². The third-order valence-corrected chi connectivity index (χ3v) is 5.48. The lowest BCUT2D eigenvalue weighted by atomic mass is 10.1. The van der Waals surface area contributed by atoms with Crippen molar-refractivity contribution < 1.29 is 35.1 Å². The summed E-state index contributed by atoms with van der Waals surface area (Å²) in [5.41, 5.74) is -0.821. The first-order valence-corrected chi connectivity index (χ1v) is 9.67. The first-order chi connectivity index (χ1) is 13.7. The minimum atomic E-state index is -4.56. The Kier molecular flexibility index (Phi) is 5.85. The van der Waals surface area contributed by atoms with Gasteiger partial charge in [-0.05, 0) is 12.1 Å². The number of nitrogens with zero attached hydrogens (tertiary/aromatic N) is 1. The van der Waals surface area contributed by atoms with Crippen molar-refractivity contribution in [2.45, 2.75) is 11.3 Å². The van der Waals surface area contributed by atoms with Crippen LogP contribution >= 0.6 is 11.6 Å². The molecule has 0 amide bonds. The van der Waals surface area contributed by atoms with Crippen LogP contribution in [0.4, 0.5) is 27.8 Å².